The predicted octanol–water partition coefficient (Wildman–Crippen LogP) is 7.02. The van der Waals surface area contributed by atoms with Crippen LogP contribution in [0.4, 0.5) is 10.5 Å². The standard InChI is InChI=1S/C28H25ClN4O2/c1-16-5-7-21(8-6-16)26-31-27(35-32-26)24-19(4)33(23-14-17(2)13-18(3)15-23)28(34)30-25(24)20-9-11-22(29)12-10-20/h5-15,25H,1-4H3,(H,30,34). The van der Waals surface area contributed by atoms with E-state index in [1.807, 2.05) is 76.2 Å². The number of aryl methyl sites for hydroxylation is 3. The van der Waals surface area contributed by atoms with Crippen LogP contribution >= 0.6 is 11.6 Å². The number of urea groups is 1. The fourth-order valence-corrected chi connectivity index (χ4v) is 4.59. The van der Waals surface area contributed by atoms with Crippen molar-refractivity contribution in [1.29, 1.82) is 0 Å². The second-order valence-electron chi connectivity index (χ2n) is 8.90. The number of hydrogen-bond donors (Lipinski definition) is 1. The van der Waals surface area contributed by atoms with Crippen molar-refractivity contribution in [2.45, 2.75) is 33.7 Å². The molecule has 0 saturated heterocycles. The van der Waals surface area contributed by atoms with Gasteiger partial charge in [-0.15, -0.1) is 0 Å². The maximum Gasteiger partial charge on any atom is 0.326 e. The predicted molar refractivity (Wildman–Crippen MR) is 138 cm³/mol. The molecule has 1 N–H and O–H groups in total. The average molecular weight is 485 g/mol. The summed E-state index contributed by atoms with van der Waals surface area (Å²) in [6.07, 6.45) is 0. The number of allylic oxidation sites excluding steroid dienone is 1. The fourth-order valence-electron chi connectivity index (χ4n) is 4.47. The first-order chi connectivity index (χ1) is 16.8. The smallest absolute Gasteiger partial charge is 0.326 e. The van der Waals surface area contributed by atoms with Crippen LogP contribution in [0.25, 0.3) is 17.0 Å². The Morgan fingerprint density at radius 3 is 2.20 bits per heavy atom. The summed E-state index contributed by atoms with van der Waals surface area (Å²) in [5.74, 6) is 0.845. The largest absolute Gasteiger partial charge is 0.334 e. The molecule has 1 aliphatic heterocycles. The Morgan fingerprint density at radius 2 is 1.54 bits per heavy atom. The van der Waals surface area contributed by atoms with Crippen LogP contribution in [0.5, 0.6) is 0 Å². The molecule has 0 aliphatic carbocycles. The number of halogens is 1. The van der Waals surface area contributed by atoms with E-state index < -0.39 is 6.04 Å². The van der Waals surface area contributed by atoms with E-state index >= 15 is 0 Å². The normalized spacial score (nSPS) is 16.0. The van der Waals surface area contributed by atoms with E-state index in [2.05, 4.69) is 16.5 Å². The van der Waals surface area contributed by atoms with Gasteiger partial charge >= 0.3 is 6.03 Å². The van der Waals surface area contributed by atoms with Crippen molar-refractivity contribution in [3.05, 3.63) is 106 Å². The molecule has 0 radical (unpaired) electrons. The lowest BCUT2D eigenvalue weighted by atomic mass is 9.94. The number of hydrogen-bond acceptors (Lipinski definition) is 4. The first kappa shape index (κ1) is 22.9. The molecule has 35 heavy (non-hydrogen) atoms. The lowest BCUT2D eigenvalue weighted by Crippen LogP contribution is -2.46. The van der Waals surface area contributed by atoms with E-state index in [-0.39, 0.29) is 6.03 Å². The van der Waals surface area contributed by atoms with Crippen LogP contribution in [0.1, 0.15) is 41.1 Å². The molecule has 6 nitrogen and oxygen atoms in total. The molecule has 2 heterocycles. The highest BCUT2D eigenvalue weighted by molar-refractivity contribution is 6.30. The van der Waals surface area contributed by atoms with Gasteiger partial charge in [0.2, 0.25) is 5.82 Å². The van der Waals surface area contributed by atoms with Gasteiger partial charge in [-0.25, -0.2) is 4.79 Å². The molecule has 176 valence electrons. The minimum Gasteiger partial charge on any atom is -0.334 e. The van der Waals surface area contributed by atoms with Crippen LogP contribution in [0.2, 0.25) is 5.02 Å². The van der Waals surface area contributed by atoms with Crippen molar-refractivity contribution in [2.75, 3.05) is 4.90 Å². The number of nitrogens with zero attached hydrogens (tertiary/aromatic N) is 3. The molecule has 0 bridgehead atoms. The maximum absolute atomic E-state index is 13.4. The molecule has 0 spiro atoms. The number of aromatic nitrogens is 2. The molecule has 1 unspecified atom stereocenters. The number of amides is 2. The summed E-state index contributed by atoms with van der Waals surface area (Å²) >= 11 is 6.13. The number of carbonyl (C=O) groups excluding carboxylic acids is 1. The summed E-state index contributed by atoms with van der Waals surface area (Å²) in [5.41, 5.74) is 7.25. The summed E-state index contributed by atoms with van der Waals surface area (Å²) in [6, 6.07) is 20.7. The zero-order valence-electron chi connectivity index (χ0n) is 20.0. The van der Waals surface area contributed by atoms with Crippen LogP contribution in [0.3, 0.4) is 0 Å². The molecule has 0 saturated carbocycles. The van der Waals surface area contributed by atoms with Gasteiger partial charge < -0.3 is 9.84 Å². The molecular formula is C28H25ClN4O2. The minimum atomic E-state index is -0.478. The fraction of sp³-hybridized carbons (Fsp3) is 0.179. The van der Waals surface area contributed by atoms with Gasteiger partial charge in [0.05, 0.1) is 17.3 Å². The van der Waals surface area contributed by atoms with E-state index in [4.69, 9.17) is 21.1 Å². The molecule has 7 heteroatoms. The van der Waals surface area contributed by atoms with Gasteiger partial charge in [-0.2, -0.15) is 4.98 Å². The third-order valence-electron chi connectivity index (χ3n) is 6.12. The van der Waals surface area contributed by atoms with E-state index in [1.165, 1.54) is 0 Å². The van der Waals surface area contributed by atoms with Crippen molar-refractivity contribution in [2.24, 2.45) is 0 Å². The van der Waals surface area contributed by atoms with Crippen molar-refractivity contribution in [3.63, 3.8) is 0 Å². The molecule has 1 atom stereocenters. The zero-order valence-corrected chi connectivity index (χ0v) is 20.7. The van der Waals surface area contributed by atoms with Crippen LogP contribution in [0.15, 0.2) is 77.0 Å². The lowest BCUT2D eigenvalue weighted by Gasteiger charge is -2.35. The van der Waals surface area contributed by atoms with Crippen LogP contribution < -0.4 is 10.2 Å². The summed E-state index contributed by atoms with van der Waals surface area (Å²) in [6.45, 7) is 7.97. The van der Waals surface area contributed by atoms with Crippen molar-refractivity contribution < 1.29 is 9.32 Å². The highest BCUT2D eigenvalue weighted by Crippen LogP contribution is 2.39. The molecule has 1 aromatic heterocycles. The Bertz CT molecular complexity index is 1420. The first-order valence-electron chi connectivity index (χ1n) is 11.4. The highest BCUT2D eigenvalue weighted by Gasteiger charge is 2.36. The monoisotopic (exact) mass is 484 g/mol. The number of nitrogens with one attached hydrogen (secondary N) is 1. The third kappa shape index (κ3) is 4.45. The van der Waals surface area contributed by atoms with Gasteiger partial charge in [-0.1, -0.05) is 64.8 Å². The van der Waals surface area contributed by atoms with Gasteiger partial charge in [0.25, 0.3) is 5.89 Å². The topological polar surface area (TPSA) is 71.3 Å². The van der Waals surface area contributed by atoms with Crippen LogP contribution in [-0.2, 0) is 0 Å². The molecular weight excluding hydrogens is 460 g/mol. The SMILES string of the molecule is CC1=C(c2nc(-c3ccc(C)cc3)no2)C(c2ccc(Cl)cc2)NC(=O)N1c1cc(C)cc(C)c1. The summed E-state index contributed by atoms with van der Waals surface area (Å²) in [4.78, 5) is 19.8. The van der Waals surface area contributed by atoms with Gasteiger partial charge in [0, 0.05) is 16.3 Å². The molecule has 5 rings (SSSR count). The molecule has 2 amide bonds. The summed E-state index contributed by atoms with van der Waals surface area (Å²) in [5, 5.41) is 7.99. The summed E-state index contributed by atoms with van der Waals surface area (Å²) in [7, 11) is 0. The van der Waals surface area contributed by atoms with E-state index in [9.17, 15) is 4.79 Å². The van der Waals surface area contributed by atoms with Gasteiger partial charge in [-0.05, 0) is 68.7 Å². The molecule has 4 aromatic rings. The Hall–Kier alpha value is -3.90. The van der Waals surface area contributed by atoms with Gasteiger partial charge in [0.15, 0.2) is 0 Å². The third-order valence-corrected chi connectivity index (χ3v) is 6.37. The Balaban J connectivity index is 1.66. The Kier molecular flexibility index (Phi) is 5.91. The van der Waals surface area contributed by atoms with Crippen molar-refractivity contribution in [3.8, 4) is 11.4 Å². The number of benzene rings is 3. The number of carbonyl (C=O) groups is 1. The second kappa shape index (κ2) is 9.04. The number of anilines is 1. The lowest BCUT2D eigenvalue weighted by molar-refractivity contribution is 0.244. The van der Waals surface area contributed by atoms with Crippen LogP contribution in [-0.4, -0.2) is 16.2 Å². The first-order valence-corrected chi connectivity index (χ1v) is 11.7. The Labute approximate surface area is 209 Å². The van der Waals surface area contributed by atoms with Crippen molar-refractivity contribution >= 4 is 28.9 Å². The average Bonchev–Trinajstić information content (AvgIpc) is 3.29. The Morgan fingerprint density at radius 1 is 0.886 bits per heavy atom. The molecule has 1 aliphatic rings. The van der Waals surface area contributed by atoms with Gasteiger partial charge in [-0.3, -0.25) is 4.90 Å². The molecule has 3 aromatic carbocycles. The molecule has 0 fully saturated rings. The minimum absolute atomic E-state index is 0.227. The van der Waals surface area contributed by atoms with Crippen molar-refractivity contribution in [1.82, 2.24) is 15.5 Å². The zero-order chi connectivity index (χ0) is 24.7. The second-order valence-corrected chi connectivity index (χ2v) is 9.34. The highest BCUT2D eigenvalue weighted by atomic mass is 35.5. The quantitative estimate of drug-likeness (QED) is 0.338. The number of rotatable bonds is 4. The maximum atomic E-state index is 13.4. The summed E-state index contributed by atoms with van der Waals surface area (Å²) < 4.78 is 5.78. The van der Waals surface area contributed by atoms with Gasteiger partial charge in [0.1, 0.15) is 0 Å². The van der Waals surface area contributed by atoms with E-state index in [0.29, 0.717) is 16.7 Å². The van der Waals surface area contributed by atoms with E-state index in [1.54, 1.807) is 17.0 Å². The van der Waals surface area contributed by atoms with Crippen LogP contribution in [0, 0.1) is 20.8 Å². The van der Waals surface area contributed by atoms with E-state index in [0.717, 1.165) is 44.8 Å².